The van der Waals surface area contributed by atoms with Gasteiger partial charge in [0.15, 0.2) is 0 Å². The van der Waals surface area contributed by atoms with Crippen LogP contribution >= 0.6 is 0 Å². The lowest BCUT2D eigenvalue weighted by molar-refractivity contribution is -0.143. The van der Waals surface area contributed by atoms with E-state index in [1.54, 1.807) is 0 Å². The smallest absolute Gasteiger partial charge is 0.337 e. The van der Waals surface area contributed by atoms with Gasteiger partial charge in [0.05, 0.1) is 11.6 Å². The Bertz CT molecular complexity index is 556. The van der Waals surface area contributed by atoms with Crippen molar-refractivity contribution in [2.75, 3.05) is 13.1 Å². The summed E-state index contributed by atoms with van der Waals surface area (Å²) in [5.74, 6) is 0.140. The molecule has 0 radical (unpaired) electrons. The lowest BCUT2D eigenvalue weighted by Crippen LogP contribution is -2.58. The van der Waals surface area contributed by atoms with Gasteiger partial charge in [-0.2, -0.15) is 13.2 Å². The number of piperazine rings is 1. The summed E-state index contributed by atoms with van der Waals surface area (Å²) >= 11 is 0. The van der Waals surface area contributed by atoms with Gasteiger partial charge in [-0.25, -0.2) is 0 Å². The Morgan fingerprint density at radius 1 is 1.23 bits per heavy atom. The zero-order chi connectivity index (χ0) is 15.9. The lowest BCUT2D eigenvalue weighted by atomic mass is 10.0. The third kappa shape index (κ3) is 2.84. The number of nitrogens with zero attached hydrogens (tertiary/aromatic N) is 2. The van der Waals surface area contributed by atoms with Crippen LogP contribution in [0.15, 0.2) is 24.3 Å². The number of halogens is 3. The van der Waals surface area contributed by atoms with Crippen LogP contribution in [-0.2, 0) is 17.5 Å². The summed E-state index contributed by atoms with van der Waals surface area (Å²) in [5.41, 5.74) is 0.167. The highest BCUT2D eigenvalue weighted by Gasteiger charge is 2.40. The van der Waals surface area contributed by atoms with Crippen molar-refractivity contribution in [2.24, 2.45) is 0 Å². The predicted octanol–water partition coefficient (Wildman–Crippen LogP) is 2.90. The third-order valence-corrected chi connectivity index (χ3v) is 4.68. The van der Waals surface area contributed by atoms with Gasteiger partial charge in [-0.15, -0.1) is 0 Å². The van der Waals surface area contributed by atoms with Crippen molar-refractivity contribution in [1.29, 1.82) is 0 Å². The van der Waals surface area contributed by atoms with E-state index in [1.165, 1.54) is 12.1 Å². The van der Waals surface area contributed by atoms with Gasteiger partial charge in [-0.3, -0.25) is 9.69 Å². The first kappa shape index (κ1) is 15.3. The average molecular weight is 312 g/mol. The van der Waals surface area contributed by atoms with Gasteiger partial charge in [0.25, 0.3) is 0 Å². The average Bonchev–Trinajstić information content (AvgIpc) is 2.92. The van der Waals surface area contributed by atoms with Crippen molar-refractivity contribution in [3.05, 3.63) is 35.4 Å². The standard InChI is InChI=1S/C16H19F3N2O/c1-11-15(22)21-8-2-3-14(21)10-20(11)9-12-4-6-13(7-5-12)16(17,18)19/h4-7,11,14H,2-3,8-10H2,1H3/t11-,14-/m0/s1. The molecule has 1 amide bonds. The number of carbonyl (C=O) groups excluding carboxylic acids is 1. The molecule has 2 aliphatic heterocycles. The number of benzene rings is 1. The minimum Gasteiger partial charge on any atom is -0.337 e. The summed E-state index contributed by atoms with van der Waals surface area (Å²) in [6, 6.07) is 5.26. The molecule has 2 fully saturated rings. The van der Waals surface area contributed by atoms with Crippen LogP contribution in [0.3, 0.4) is 0 Å². The van der Waals surface area contributed by atoms with Gasteiger partial charge in [-0.05, 0) is 37.5 Å². The second-order valence-electron chi connectivity index (χ2n) is 6.13. The highest BCUT2D eigenvalue weighted by Crippen LogP contribution is 2.30. The van der Waals surface area contributed by atoms with Crippen LogP contribution < -0.4 is 0 Å². The van der Waals surface area contributed by atoms with Crippen LogP contribution in [0.1, 0.15) is 30.9 Å². The molecule has 22 heavy (non-hydrogen) atoms. The number of fused-ring (bicyclic) bond motifs is 1. The monoisotopic (exact) mass is 312 g/mol. The van der Waals surface area contributed by atoms with Crippen molar-refractivity contribution in [3.63, 3.8) is 0 Å². The molecule has 0 bridgehead atoms. The van der Waals surface area contributed by atoms with E-state index in [0.29, 0.717) is 6.54 Å². The van der Waals surface area contributed by atoms with Gasteiger partial charge in [0.1, 0.15) is 0 Å². The fourth-order valence-electron chi connectivity index (χ4n) is 3.38. The molecule has 2 atom stereocenters. The molecule has 2 saturated heterocycles. The quantitative estimate of drug-likeness (QED) is 0.838. The fraction of sp³-hybridized carbons (Fsp3) is 0.562. The maximum atomic E-state index is 12.6. The number of rotatable bonds is 2. The number of hydrogen-bond acceptors (Lipinski definition) is 2. The molecule has 0 spiro atoms. The first-order chi connectivity index (χ1) is 10.4. The van der Waals surface area contributed by atoms with E-state index < -0.39 is 11.7 Å². The summed E-state index contributed by atoms with van der Waals surface area (Å²) in [7, 11) is 0. The zero-order valence-electron chi connectivity index (χ0n) is 12.4. The van der Waals surface area contributed by atoms with Crippen LogP contribution in [0.2, 0.25) is 0 Å². The first-order valence-electron chi connectivity index (χ1n) is 7.57. The molecule has 3 rings (SSSR count). The Morgan fingerprint density at radius 3 is 2.55 bits per heavy atom. The number of alkyl halides is 3. The molecule has 1 aromatic rings. The van der Waals surface area contributed by atoms with E-state index in [-0.39, 0.29) is 18.0 Å². The highest BCUT2D eigenvalue weighted by atomic mass is 19.4. The van der Waals surface area contributed by atoms with Gasteiger partial charge >= 0.3 is 6.18 Å². The molecule has 0 aliphatic carbocycles. The fourth-order valence-corrected chi connectivity index (χ4v) is 3.38. The lowest BCUT2D eigenvalue weighted by Gasteiger charge is -2.41. The van der Waals surface area contributed by atoms with E-state index in [1.807, 2.05) is 11.8 Å². The minimum atomic E-state index is -4.31. The van der Waals surface area contributed by atoms with E-state index in [9.17, 15) is 18.0 Å². The van der Waals surface area contributed by atoms with E-state index in [0.717, 1.165) is 43.6 Å². The molecule has 0 N–H and O–H groups in total. The highest BCUT2D eigenvalue weighted by molar-refractivity contribution is 5.83. The van der Waals surface area contributed by atoms with Crippen LogP contribution in [0.25, 0.3) is 0 Å². The molecule has 2 aliphatic rings. The van der Waals surface area contributed by atoms with Crippen molar-refractivity contribution in [2.45, 2.75) is 44.6 Å². The largest absolute Gasteiger partial charge is 0.416 e. The topological polar surface area (TPSA) is 23.6 Å². The van der Waals surface area contributed by atoms with Crippen LogP contribution in [0.4, 0.5) is 13.2 Å². The third-order valence-electron chi connectivity index (χ3n) is 4.68. The van der Waals surface area contributed by atoms with Crippen molar-refractivity contribution >= 4 is 5.91 Å². The summed E-state index contributed by atoms with van der Waals surface area (Å²) in [6.07, 6.45) is -2.25. The Balaban J connectivity index is 1.71. The molecule has 2 heterocycles. The summed E-state index contributed by atoms with van der Waals surface area (Å²) in [5, 5.41) is 0. The predicted molar refractivity (Wildman–Crippen MR) is 76.1 cm³/mol. The van der Waals surface area contributed by atoms with Gasteiger partial charge in [0.2, 0.25) is 5.91 Å². The molecule has 0 saturated carbocycles. The normalized spacial score (nSPS) is 26.4. The van der Waals surface area contributed by atoms with Crippen molar-refractivity contribution < 1.29 is 18.0 Å². The molecule has 120 valence electrons. The summed E-state index contributed by atoms with van der Waals surface area (Å²) < 4.78 is 37.7. The minimum absolute atomic E-state index is 0.140. The summed E-state index contributed by atoms with van der Waals surface area (Å²) in [6.45, 7) is 4.02. The molecular formula is C16H19F3N2O. The van der Waals surface area contributed by atoms with Crippen molar-refractivity contribution in [3.8, 4) is 0 Å². The molecular weight excluding hydrogens is 293 g/mol. The Labute approximate surface area is 127 Å². The Hall–Kier alpha value is -1.56. The zero-order valence-corrected chi connectivity index (χ0v) is 12.4. The first-order valence-corrected chi connectivity index (χ1v) is 7.57. The van der Waals surface area contributed by atoms with Crippen molar-refractivity contribution in [1.82, 2.24) is 9.80 Å². The van der Waals surface area contributed by atoms with Gasteiger partial charge < -0.3 is 4.90 Å². The molecule has 6 heteroatoms. The summed E-state index contributed by atoms with van der Waals surface area (Å²) in [4.78, 5) is 16.3. The second-order valence-corrected chi connectivity index (χ2v) is 6.13. The molecule has 0 unspecified atom stereocenters. The van der Waals surface area contributed by atoms with E-state index in [4.69, 9.17) is 0 Å². The van der Waals surface area contributed by atoms with Crippen LogP contribution in [-0.4, -0.2) is 40.9 Å². The Morgan fingerprint density at radius 2 is 1.91 bits per heavy atom. The van der Waals surface area contributed by atoms with Gasteiger partial charge in [-0.1, -0.05) is 12.1 Å². The Kier molecular flexibility index (Phi) is 3.89. The maximum Gasteiger partial charge on any atom is 0.416 e. The van der Waals surface area contributed by atoms with Crippen LogP contribution in [0.5, 0.6) is 0 Å². The maximum absolute atomic E-state index is 12.6. The van der Waals surface area contributed by atoms with E-state index in [2.05, 4.69) is 4.90 Å². The van der Waals surface area contributed by atoms with Gasteiger partial charge in [0, 0.05) is 25.7 Å². The molecule has 3 nitrogen and oxygen atoms in total. The molecule has 1 aromatic carbocycles. The number of hydrogen-bond donors (Lipinski definition) is 0. The number of carbonyl (C=O) groups is 1. The number of amides is 1. The SMILES string of the molecule is C[C@H]1C(=O)N2CCC[C@H]2CN1Cc1ccc(C(F)(F)F)cc1. The second kappa shape index (κ2) is 5.57. The van der Waals surface area contributed by atoms with E-state index >= 15 is 0 Å². The molecule has 0 aromatic heterocycles. The van der Waals surface area contributed by atoms with Crippen LogP contribution in [0, 0.1) is 0 Å².